The van der Waals surface area contributed by atoms with Crippen LogP contribution in [0.25, 0.3) is 0 Å². The van der Waals surface area contributed by atoms with E-state index in [0.29, 0.717) is 18.5 Å². The third-order valence-electron chi connectivity index (χ3n) is 3.73. The van der Waals surface area contributed by atoms with Crippen molar-refractivity contribution in [3.05, 3.63) is 0 Å². The summed E-state index contributed by atoms with van der Waals surface area (Å²) in [7, 11) is 0. The van der Waals surface area contributed by atoms with Crippen LogP contribution in [0.5, 0.6) is 0 Å². The van der Waals surface area contributed by atoms with E-state index < -0.39 is 0 Å². The van der Waals surface area contributed by atoms with E-state index in [1.807, 2.05) is 0 Å². The SMILES string of the molecule is CCC1(C)CC(NCC(O)CC(C)C)CCO1. The lowest BCUT2D eigenvalue weighted by atomic mass is 9.90. The standard InChI is InChI=1S/C14H29NO2/c1-5-14(4)9-12(6-7-17-14)15-10-13(16)8-11(2)3/h11-13,15-16H,5-10H2,1-4H3. The van der Waals surface area contributed by atoms with E-state index in [9.17, 15) is 5.11 Å². The maximum atomic E-state index is 9.84. The summed E-state index contributed by atoms with van der Waals surface area (Å²) < 4.78 is 5.81. The van der Waals surface area contributed by atoms with Crippen molar-refractivity contribution in [1.29, 1.82) is 0 Å². The normalized spacial score (nSPS) is 31.8. The van der Waals surface area contributed by atoms with Gasteiger partial charge in [-0.15, -0.1) is 0 Å². The quantitative estimate of drug-likeness (QED) is 0.752. The molecule has 1 heterocycles. The zero-order valence-electron chi connectivity index (χ0n) is 11.8. The van der Waals surface area contributed by atoms with Crippen LogP contribution in [0.15, 0.2) is 0 Å². The molecule has 0 aliphatic carbocycles. The van der Waals surface area contributed by atoms with E-state index in [1.54, 1.807) is 0 Å². The molecule has 1 fully saturated rings. The molecule has 0 amide bonds. The molecule has 3 nitrogen and oxygen atoms in total. The molecule has 17 heavy (non-hydrogen) atoms. The van der Waals surface area contributed by atoms with Gasteiger partial charge in [-0.25, -0.2) is 0 Å². The monoisotopic (exact) mass is 243 g/mol. The van der Waals surface area contributed by atoms with Gasteiger partial charge in [-0.3, -0.25) is 0 Å². The number of hydrogen-bond acceptors (Lipinski definition) is 3. The molecule has 3 unspecified atom stereocenters. The van der Waals surface area contributed by atoms with Crippen molar-refractivity contribution in [2.24, 2.45) is 5.92 Å². The summed E-state index contributed by atoms with van der Waals surface area (Å²) in [5, 5.41) is 13.3. The Kier molecular flexibility index (Phi) is 5.90. The lowest BCUT2D eigenvalue weighted by Gasteiger charge is -2.38. The highest BCUT2D eigenvalue weighted by Gasteiger charge is 2.31. The van der Waals surface area contributed by atoms with Crippen LogP contribution in [0.3, 0.4) is 0 Å². The van der Waals surface area contributed by atoms with E-state index in [4.69, 9.17) is 4.74 Å². The van der Waals surface area contributed by atoms with Gasteiger partial charge >= 0.3 is 0 Å². The first-order chi connectivity index (χ1) is 7.95. The number of nitrogens with one attached hydrogen (secondary N) is 1. The third-order valence-corrected chi connectivity index (χ3v) is 3.73. The van der Waals surface area contributed by atoms with E-state index in [0.717, 1.165) is 32.3 Å². The van der Waals surface area contributed by atoms with E-state index in [1.165, 1.54) is 0 Å². The Morgan fingerprint density at radius 1 is 1.47 bits per heavy atom. The molecule has 0 radical (unpaired) electrons. The van der Waals surface area contributed by atoms with Gasteiger partial charge in [-0.2, -0.15) is 0 Å². The highest BCUT2D eigenvalue weighted by molar-refractivity contribution is 4.85. The fourth-order valence-electron chi connectivity index (χ4n) is 2.48. The van der Waals surface area contributed by atoms with Crippen molar-refractivity contribution < 1.29 is 9.84 Å². The van der Waals surface area contributed by atoms with Crippen molar-refractivity contribution in [2.75, 3.05) is 13.2 Å². The van der Waals surface area contributed by atoms with Crippen LogP contribution in [0.4, 0.5) is 0 Å². The van der Waals surface area contributed by atoms with E-state index in [2.05, 4.69) is 33.0 Å². The fourth-order valence-corrected chi connectivity index (χ4v) is 2.48. The second kappa shape index (κ2) is 6.72. The van der Waals surface area contributed by atoms with Gasteiger partial charge in [0.2, 0.25) is 0 Å². The molecule has 1 aliphatic heterocycles. The Morgan fingerprint density at radius 3 is 2.76 bits per heavy atom. The van der Waals surface area contributed by atoms with Gasteiger partial charge in [0.05, 0.1) is 11.7 Å². The number of ether oxygens (including phenoxy) is 1. The molecule has 3 atom stereocenters. The molecule has 0 aromatic heterocycles. The molecule has 0 aromatic carbocycles. The predicted octanol–water partition coefficient (Wildman–Crippen LogP) is 2.33. The van der Waals surface area contributed by atoms with Crippen molar-refractivity contribution >= 4 is 0 Å². The lowest BCUT2D eigenvalue weighted by Crippen LogP contribution is -2.46. The Labute approximate surface area is 106 Å². The third kappa shape index (κ3) is 5.36. The molecule has 2 N–H and O–H groups in total. The van der Waals surface area contributed by atoms with Gasteiger partial charge in [0.15, 0.2) is 0 Å². The van der Waals surface area contributed by atoms with Crippen LogP contribution >= 0.6 is 0 Å². The predicted molar refractivity (Wildman–Crippen MR) is 71.1 cm³/mol. The summed E-state index contributed by atoms with van der Waals surface area (Å²) in [6.45, 7) is 10.2. The van der Waals surface area contributed by atoms with Gasteiger partial charge in [-0.05, 0) is 38.5 Å². The van der Waals surface area contributed by atoms with Crippen LogP contribution in [-0.2, 0) is 4.74 Å². The first-order valence-corrected chi connectivity index (χ1v) is 7.00. The van der Waals surface area contributed by atoms with Crippen LogP contribution in [0.2, 0.25) is 0 Å². The van der Waals surface area contributed by atoms with E-state index >= 15 is 0 Å². The first kappa shape index (κ1) is 14.9. The highest BCUT2D eigenvalue weighted by Crippen LogP contribution is 2.27. The number of rotatable bonds is 6. The van der Waals surface area contributed by atoms with Crippen LogP contribution < -0.4 is 5.32 Å². The summed E-state index contributed by atoms with van der Waals surface area (Å²) in [5.74, 6) is 0.558. The summed E-state index contributed by atoms with van der Waals surface area (Å²) in [4.78, 5) is 0. The topological polar surface area (TPSA) is 41.5 Å². The van der Waals surface area contributed by atoms with Gasteiger partial charge in [0.25, 0.3) is 0 Å². The summed E-state index contributed by atoms with van der Waals surface area (Å²) in [5.41, 5.74) is 0.0267. The average molecular weight is 243 g/mol. The maximum Gasteiger partial charge on any atom is 0.0667 e. The molecule has 1 saturated heterocycles. The van der Waals surface area contributed by atoms with Crippen molar-refractivity contribution in [1.82, 2.24) is 5.32 Å². The van der Waals surface area contributed by atoms with Gasteiger partial charge in [0.1, 0.15) is 0 Å². The minimum atomic E-state index is -0.217. The molecule has 0 saturated carbocycles. The molecule has 0 aromatic rings. The largest absolute Gasteiger partial charge is 0.392 e. The second-order valence-corrected chi connectivity index (χ2v) is 6.03. The fraction of sp³-hybridized carbons (Fsp3) is 1.00. The van der Waals surface area contributed by atoms with Crippen molar-refractivity contribution in [3.63, 3.8) is 0 Å². The van der Waals surface area contributed by atoms with Crippen LogP contribution in [-0.4, -0.2) is 36.0 Å². The van der Waals surface area contributed by atoms with Gasteiger partial charge in [-0.1, -0.05) is 20.8 Å². The van der Waals surface area contributed by atoms with Crippen molar-refractivity contribution in [3.8, 4) is 0 Å². The highest BCUT2D eigenvalue weighted by atomic mass is 16.5. The molecular formula is C14H29NO2. The lowest BCUT2D eigenvalue weighted by molar-refractivity contribution is -0.0788. The molecule has 1 rings (SSSR count). The summed E-state index contributed by atoms with van der Waals surface area (Å²) in [6, 6.07) is 0.496. The molecular weight excluding hydrogens is 214 g/mol. The number of hydrogen-bond donors (Lipinski definition) is 2. The summed E-state index contributed by atoms with van der Waals surface area (Å²) in [6.07, 6.45) is 3.83. The van der Waals surface area contributed by atoms with Gasteiger partial charge < -0.3 is 15.2 Å². The molecule has 102 valence electrons. The molecule has 1 aliphatic rings. The molecule has 0 bridgehead atoms. The summed E-state index contributed by atoms with van der Waals surface area (Å²) >= 11 is 0. The smallest absolute Gasteiger partial charge is 0.0667 e. The minimum Gasteiger partial charge on any atom is -0.392 e. The Hall–Kier alpha value is -0.120. The Bertz CT molecular complexity index is 220. The average Bonchev–Trinajstić information content (AvgIpc) is 2.26. The number of aliphatic hydroxyl groups is 1. The maximum absolute atomic E-state index is 9.84. The van der Waals surface area contributed by atoms with E-state index in [-0.39, 0.29) is 11.7 Å². The van der Waals surface area contributed by atoms with Crippen molar-refractivity contribution in [2.45, 2.75) is 71.1 Å². The zero-order chi connectivity index (χ0) is 12.9. The Morgan fingerprint density at radius 2 is 2.18 bits per heavy atom. The van der Waals surface area contributed by atoms with Gasteiger partial charge in [0, 0.05) is 19.2 Å². The van der Waals surface area contributed by atoms with Crippen LogP contribution in [0, 0.1) is 5.92 Å². The van der Waals surface area contributed by atoms with Crippen LogP contribution in [0.1, 0.15) is 53.4 Å². The first-order valence-electron chi connectivity index (χ1n) is 7.00. The molecule has 3 heteroatoms. The molecule has 0 spiro atoms. The Balaban J connectivity index is 2.27. The number of aliphatic hydroxyl groups excluding tert-OH is 1. The second-order valence-electron chi connectivity index (χ2n) is 6.03. The zero-order valence-corrected chi connectivity index (χ0v) is 11.8. The minimum absolute atomic E-state index is 0.0267.